The fourth-order valence-electron chi connectivity index (χ4n) is 0. The molecule has 4 nitrogen and oxygen atoms in total. The van der Waals surface area contributed by atoms with Crippen molar-refractivity contribution in [3.63, 3.8) is 0 Å². The van der Waals surface area contributed by atoms with Crippen molar-refractivity contribution in [1.29, 1.82) is 0 Å². The first kappa shape index (κ1) is 16.8. The Morgan fingerprint density at radius 1 is 0.833 bits per heavy atom. The van der Waals surface area contributed by atoms with E-state index in [1.54, 1.807) is 28.2 Å². The minimum atomic E-state index is 0.750. The number of carbonyl (C=O) groups is 2. The number of hydrogen-bond donors (Lipinski definition) is 0. The van der Waals surface area contributed by atoms with Gasteiger partial charge in [0.2, 0.25) is 12.8 Å². The van der Waals surface area contributed by atoms with E-state index in [0.717, 1.165) is 12.8 Å². The first-order chi connectivity index (χ1) is 5.54. The van der Waals surface area contributed by atoms with Gasteiger partial charge < -0.3 is 9.80 Å². The van der Waals surface area contributed by atoms with Gasteiger partial charge >= 0.3 is 0 Å². The minimum absolute atomic E-state index is 0.750. The van der Waals surface area contributed by atoms with E-state index in [0.29, 0.717) is 0 Å². The average molecular weight is 172 g/mol. The third-order valence-corrected chi connectivity index (χ3v) is 0.422. The van der Waals surface area contributed by atoms with Crippen LogP contribution in [0.1, 0.15) is 0 Å². The van der Waals surface area contributed by atoms with Gasteiger partial charge in [0.05, 0.1) is 0 Å². The third kappa shape index (κ3) is 76.5. The highest BCUT2D eigenvalue weighted by atomic mass is 16.1. The van der Waals surface area contributed by atoms with E-state index in [2.05, 4.69) is 12.8 Å². The number of hydrogen-bond acceptors (Lipinski definition) is 2. The molecule has 0 N–H and O–H groups in total. The largest absolute Gasteiger partial charge is 0.351 e. The van der Waals surface area contributed by atoms with Crippen LogP contribution in [0.4, 0.5) is 0 Å². The van der Waals surface area contributed by atoms with Crippen LogP contribution in [0.5, 0.6) is 0 Å². The first-order valence-electron chi connectivity index (χ1n) is 3.11. The molecular formula is C8H16N2O2. The van der Waals surface area contributed by atoms with Gasteiger partial charge in [0, 0.05) is 28.2 Å². The monoisotopic (exact) mass is 172 g/mol. The molecule has 0 atom stereocenters. The van der Waals surface area contributed by atoms with Crippen LogP contribution in [-0.2, 0) is 9.59 Å². The molecule has 0 aromatic carbocycles. The highest BCUT2D eigenvalue weighted by Gasteiger charge is 1.68. The molecule has 0 aromatic rings. The van der Waals surface area contributed by atoms with Crippen molar-refractivity contribution in [3.8, 4) is 12.8 Å². The lowest BCUT2D eigenvalue weighted by Gasteiger charge is -1.93. The summed E-state index contributed by atoms with van der Waals surface area (Å²) < 4.78 is 0. The van der Waals surface area contributed by atoms with E-state index in [4.69, 9.17) is 0 Å². The lowest BCUT2D eigenvalue weighted by atomic mass is 11.0. The molecule has 0 rings (SSSR count). The molecular weight excluding hydrogens is 156 g/mol. The van der Waals surface area contributed by atoms with Crippen molar-refractivity contribution in [2.45, 2.75) is 0 Å². The van der Waals surface area contributed by atoms with Crippen molar-refractivity contribution in [3.05, 3.63) is 0 Å². The molecule has 0 unspecified atom stereocenters. The summed E-state index contributed by atoms with van der Waals surface area (Å²) in [5, 5.41) is 0. The number of terminal acetylenes is 1. The van der Waals surface area contributed by atoms with Gasteiger partial charge in [0.15, 0.2) is 0 Å². The van der Waals surface area contributed by atoms with Gasteiger partial charge in [-0.2, -0.15) is 0 Å². The quantitative estimate of drug-likeness (QED) is 0.422. The molecule has 70 valence electrons. The lowest BCUT2D eigenvalue weighted by molar-refractivity contribution is -0.116. The molecule has 0 aliphatic rings. The summed E-state index contributed by atoms with van der Waals surface area (Å²) in [6.07, 6.45) is 9.50. The van der Waals surface area contributed by atoms with Crippen molar-refractivity contribution >= 4 is 12.8 Å². The first-order valence-corrected chi connectivity index (χ1v) is 3.11. The van der Waals surface area contributed by atoms with E-state index >= 15 is 0 Å². The SMILES string of the molecule is C#C.CN(C)C=O.CN(C)C=O. The topological polar surface area (TPSA) is 40.6 Å². The van der Waals surface area contributed by atoms with Gasteiger partial charge in [0.1, 0.15) is 0 Å². The average Bonchev–Trinajstić information content (AvgIpc) is 2.09. The summed E-state index contributed by atoms with van der Waals surface area (Å²) >= 11 is 0. The van der Waals surface area contributed by atoms with Gasteiger partial charge in [-0.3, -0.25) is 9.59 Å². The van der Waals surface area contributed by atoms with Crippen LogP contribution in [0, 0.1) is 12.8 Å². The zero-order chi connectivity index (χ0) is 10.6. The summed E-state index contributed by atoms with van der Waals surface area (Å²) in [5.41, 5.74) is 0. The maximum atomic E-state index is 9.43. The van der Waals surface area contributed by atoms with Crippen molar-refractivity contribution < 1.29 is 9.59 Å². The minimum Gasteiger partial charge on any atom is -0.351 e. The van der Waals surface area contributed by atoms with Gasteiger partial charge in [-0.15, -0.1) is 12.8 Å². The Balaban J connectivity index is -0.000000112. The number of amides is 2. The second kappa shape index (κ2) is 16.2. The zero-order valence-corrected chi connectivity index (χ0v) is 8.02. The summed E-state index contributed by atoms with van der Waals surface area (Å²) in [5.74, 6) is 0. The van der Waals surface area contributed by atoms with Gasteiger partial charge in [-0.05, 0) is 0 Å². The Morgan fingerprint density at radius 3 is 0.917 bits per heavy atom. The number of nitrogens with zero attached hydrogens (tertiary/aromatic N) is 2. The van der Waals surface area contributed by atoms with E-state index in [1.807, 2.05) is 0 Å². The number of carbonyl (C=O) groups excluding carboxylic acids is 2. The Morgan fingerprint density at radius 2 is 0.917 bits per heavy atom. The van der Waals surface area contributed by atoms with Crippen LogP contribution in [0.15, 0.2) is 0 Å². The van der Waals surface area contributed by atoms with E-state index < -0.39 is 0 Å². The summed E-state index contributed by atoms with van der Waals surface area (Å²) in [7, 11) is 6.75. The van der Waals surface area contributed by atoms with Crippen LogP contribution in [0.3, 0.4) is 0 Å². The Labute approximate surface area is 74.1 Å². The van der Waals surface area contributed by atoms with Gasteiger partial charge in [0.25, 0.3) is 0 Å². The molecule has 0 radical (unpaired) electrons. The molecule has 12 heavy (non-hydrogen) atoms. The molecule has 2 amide bonds. The molecule has 0 aromatic heterocycles. The van der Waals surface area contributed by atoms with Crippen LogP contribution in [-0.4, -0.2) is 50.8 Å². The highest BCUT2D eigenvalue weighted by molar-refractivity contribution is 5.45. The van der Waals surface area contributed by atoms with Crippen LogP contribution < -0.4 is 0 Å². The van der Waals surface area contributed by atoms with Crippen LogP contribution in [0.2, 0.25) is 0 Å². The van der Waals surface area contributed by atoms with Crippen molar-refractivity contribution in [2.75, 3.05) is 28.2 Å². The molecule has 0 aliphatic carbocycles. The third-order valence-electron chi connectivity index (χ3n) is 0.422. The van der Waals surface area contributed by atoms with E-state index in [1.165, 1.54) is 9.80 Å². The Bertz CT molecular complexity index is 107. The molecule has 0 fully saturated rings. The summed E-state index contributed by atoms with van der Waals surface area (Å²) in [4.78, 5) is 21.8. The molecule has 0 saturated heterocycles. The molecule has 0 saturated carbocycles. The standard InChI is InChI=1S/2C3H7NO.C2H2/c2*1-4(2)3-5;1-2/h2*3H,1-2H3;1-2H. The van der Waals surface area contributed by atoms with Gasteiger partial charge in [-0.25, -0.2) is 0 Å². The van der Waals surface area contributed by atoms with Crippen LogP contribution in [0.25, 0.3) is 0 Å². The van der Waals surface area contributed by atoms with Gasteiger partial charge in [-0.1, -0.05) is 0 Å². The highest BCUT2D eigenvalue weighted by Crippen LogP contribution is 1.52. The molecule has 0 aliphatic heterocycles. The fraction of sp³-hybridized carbons (Fsp3) is 0.500. The predicted molar refractivity (Wildman–Crippen MR) is 49.4 cm³/mol. The molecule has 0 spiro atoms. The smallest absolute Gasteiger partial charge is 0.209 e. The van der Waals surface area contributed by atoms with Crippen LogP contribution >= 0.6 is 0 Å². The summed E-state index contributed by atoms with van der Waals surface area (Å²) in [6.45, 7) is 0. The fourth-order valence-corrected chi connectivity index (χ4v) is 0. The Hall–Kier alpha value is -1.50. The van der Waals surface area contributed by atoms with E-state index in [9.17, 15) is 9.59 Å². The normalized spacial score (nSPS) is 5.83. The Kier molecular flexibility index (Phi) is 22.8. The molecule has 4 heteroatoms. The van der Waals surface area contributed by atoms with Crippen molar-refractivity contribution in [1.82, 2.24) is 9.80 Å². The maximum Gasteiger partial charge on any atom is 0.209 e. The van der Waals surface area contributed by atoms with E-state index in [-0.39, 0.29) is 0 Å². The lowest BCUT2D eigenvalue weighted by Crippen LogP contribution is -2.06. The summed E-state index contributed by atoms with van der Waals surface area (Å²) in [6, 6.07) is 0. The van der Waals surface area contributed by atoms with Crippen molar-refractivity contribution in [2.24, 2.45) is 0 Å². The number of rotatable bonds is 2. The molecule has 0 bridgehead atoms. The molecule has 0 heterocycles. The second-order valence-corrected chi connectivity index (χ2v) is 2.14. The zero-order valence-electron chi connectivity index (χ0n) is 8.02. The second-order valence-electron chi connectivity index (χ2n) is 2.14. The maximum absolute atomic E-state index is 9.43. The predicted octanol–water partition coefficient (Wildman–Crippen LogP) is -0.342.